The van der Waals surface area contributed by atoms with Gasteiger partial charge in [-0.2, -0.15) is 0 Å². The summed E-state index contributed by atoms with van der Waals surface area (Å²) in [5.41, 5.74) is 5.66. The number of likely N-dealkylation sites (N-methyl/N-ethyl adjacent to an activating group) is 1. The molecule has 1 aliphatic rings. The van der Waals surface area contributed by atoms with Gasteiger partial charge in [0.15, 0.2) is 0 Å². The van der Waals surface area contributed by atoms with Crippen LogP contribution in [0.4, 0.5) is 0 Å². The summed E-state index contributed by atoms with van der Waals surface area (Å²) in [6, 6.07) is 0.655. The van der Waals surface area contributed by atoms with Crippen molar-refractivity contribution in [3.05, 3.63) is 0 Å². The summed E-state index contributed by atoms with van der Waals surface area (Å²) < 4.78 is 0. The molecule has 1 saturated heterocycles. The van der Waals surface area contributed by atoms with Crippen molar-refractivity contribution in [2.24, 2.45) is 11.7 Å². The van der Waals surface area contributed by atoms with Gasteiger partial charge in [0, 0.05) is 25.7 Å². The van der Waals surface area contributed by atoms with Crippen molar-refractivity contribution in [3.63, 3.8) is 0 Å². The third kappa shape index (κ3) is 3.56. The van der Waals surface area contributed by atoms with E-state index in [-0.39, 0.29) is 0 Å². The van der Waals surface area contributed by atoms with Crippen molar-refractivity contribution in [3.8, 4) is 0 Å². The third-order valence-corrected chi connectivity index (χ3v) is 3.35. The number of nitrogens with two attached hydrogens (primary N) is 1. The van der Waals surface area contributed by atoms with E-state index in [2.05, 4.69) is 30.7 Å². The highest BCUT2D eigenvalue weighted by molar-refractivity contribution is 4.76. The fourth-order valence-electron chi connectivity index (χ4n) is 1.87. The molecule has 0 radical (unpaired) electrons. The number of nitrogens with zero attached hydrogens (tertiary/aromatic N) is 2. The smallest absolute Gasteiger partial charge is 0.0109 e. The van der Waals surface area contributed by atoms with Crippen LogP contribution in [0.1, 0.15) is 20.3 Å². The predicted molar refractivity (Wildman–Crippen MR) is 61.4 cm³/mol. The lowest BCUT2D eigenvalue weighted by Crippen LogP contribution is -2.35. The van der Waals surface area contributed by atoms with Crippen LogP contribution in [0.2, 0.25) is 0 Å². The Bertz CT molecular complexity index is 159. The van der Waals surface area contributed by atoms with Gasteiger partial charge in [-0.1, -0.05) is 0 Å². The first-order valence-corrected chi connectivity index (χ1v) is 5.76. The molecule has 84 valence electrons. The maximum Gasteiger partial charge on any atom is 0.0109 e. The van der Waals surface area contributed by atoms with Gasteiger partial charge in [0.25, 0.3) is 0 Å². The molecule has 0 spiro atoms. The molecule has 0 aromatic carbocycles. The van der Waals surface area contributed by atoms with Gasteiger partial charge in [-0.05, 0) is 46.3 Å². The Morgan fingerprint density at radius 2 is 2.21 bits per heavy atom. The average Bonchev–Trinajstić information content (AvgIpc) is 2.61. The summed E-state index contributed by atoms with van der Waals surface area (Å²) >= 11 is 0. The molecule has 1 rings (SSSR count). The Morgan fingerprint density at radius 3 is 2.71 bits per heavy atom. The Balaban J connectivity index is 2.14. The van der Waals surface area contributed by atoms with Crippen LogP contribution in [0.3, 0.4) is 0 Å². The lowest BCUT2D eigenvalue weighted by atomic mass is 10.1. The van der Waals surface area contributed by atoms with Crippen LogP contribution in [0, 0.1) is 5.92 Å². The third-order valence-electron chi connectivity index (χ3n) is 3.35. The average molecular weight is 199 g/mol. The van der Waals surface area contributed by atoms with Crippen LogP contribution >= 0.6 is 0 Å². The number of likely N-dealkylation sites (tertiary alicyclic amines) is 1. The molecular formula is C11H25N3. The van der Waals surface area contributed by atoms with Crippen molar-refractivity contribution >= 4 is 0 Å². The molecule has 0 amide bonds. The van der Waals surface area contributed by atoms with E-state index in [9.17, 15) is 0 Å². The van der Waals surface area contributed by atoms with Gasteiger partial charge < -0.3 is 15.5 Å². The van der Waals surface area contributed by atoms with E-state index in [1.54, 1.807) is 0 Å². The summed E-state index contributed by atoms with van der Waals surface area (Å²) in [6.07, 6.45) is 1.29. The normalized spacial score (nSPS) is 24.0. The second-order valence-electron chi connectivity index (χ2n) is 4.77. The van der Waals surface area contributed by atoms with Crippen molar-refractivity contribution in [1.82, 2.24) is 9.80 Å². The zero-order chi connectivity index (χ0) is 10.6. The van der Waals surface area contributed by atoms with Gasteiger partial charge in [0.1, 0.15) is 0 Å². The largest absolute Gasteiger partial charge is 0.330 e. The highest BCUT2D eigenvalue weighted by atomic mass is 15.2. The first-order valence-electron chi connectivity index (χ1n) is 5.76. The molecule has 3 heteroatoms. The Hall–Kier alpha value is -0.120. The van der Waals surface area contributed by atoms with E-state index in [0.717, 1.165) is 12.5 Å². The minimum Gasteiger partial charge on any atom is -0.330 e. The molecule has 1 heterocycles. The first-order chi connectivity index (χ1) is 6.63. The molecule has 0 aromatic heterocycles. The fourth-order valence-corrected chi connectivity index (χ4v) is 1.87. The van der Waals surface area contributed by atoms with Gasteiger partial charge in [-0.3, -0.25) is 0 Å². The summed E-state index contributed by atoms with van der Waals surface area (Å²) in [5, 5.41) is 0. The lowest BCUT2D eigenvalue weighted by molar-refractivity contribution is 0.221. The lowest BCUT2D eigenvalue weighted by Gasteiger charge is -2.24. The SMILES string of the molecule is CC(C)N(C)CCN1CCC(CN)C1. The molecule has 2 N–H and O–H groups in total. The molecule has 0 saturated carbocycles. The molecule has 3 nitrogen and oxygen atoms in total. The Kier molecular flexibility index (Phi) is 4.85. The van der Waals surface area contributed by atoms with E-state index in [1.165, 1.54) is 32.6 Å². The van der Waals surface area contributed by atoms with E-state index < -0.39 is 0 Å². The van der Waals surface area contributed by atoms with Crippen LogP contribution < -0.4 is 5.73 Å². The van der Waals surface area contributed by atoms with Gasteiger partial charge in [0.2, 0.25) is 0 Å². The van der Waals surface area contributed by atoms with Gasteiger partial charge in [-0.15, -0.1) is 0 Å². The maximum atomic E-state index is 5.66. The highest BCUT2D eigenvalue weighted by Gasteiger charge is 2.20. The molecule has 1 aliphatic heterocycles. The Morgan fingerprint density at radius 1 is 1.50 bits per heavy atom. The maximum absolute atomic E-state index is 5.66. The second kappa shape index (κ2) is 5.69. The molecule has 1 atom stereocenters. The van der Waals surface area contributed by atoms with Gasteiger partial charge in [-0.25, -0.2) is 0 Å². The van der Waals surface area contributed by atoms with Crippen LogP contribution in [0.5, 0.6) is 0 Å². The summed E-state index contributed by atoms with van der Waals surface area (Å²) in [4.78, 5) is 4.94. The van der Waals surface area contributed by atoms with E-state index in [4.69, 9.17) is 5.73 Å². The second-order valence-corrected chi connectivity index (χ2v) is 4.77. The standard InChI is InChI=1S/C11H25N3/c1-10(2)13(3)6-7-14-5-4-11(8-12)9-14/h10-11H,4-9,12H2,1-3H3. The quantitative estimate of drug-likeness (QED) is 0.704. The summed E-state index contributed by atoms with van der Waals surface area (Å²) in [6.45, 7) is 10.2. The molecule has 14 heavy (non-hydrogen) atoms. The van der Waals surface area contributed by atoms with Crippen molar-refractivity contribution in [1.29, 1.82) is 0 Å². The zero-order valence-electron chi connectivity index (χ0n) is 9.87. The van der Waals surface area contributed by atoms with Crippen molar-refractivity contribution < 1.29 is 0 Å². The predicted octanol–water partition coefficient (Wildman–Crippen LogP) is 0.607. The van der Waals surface area contributed by atoms with Crippen LogP contribution in [-0.2, 0) is 0 Å². The van der Waals surface area contributed by atoms with E-state index >= 15 is 0 Å². The van der Waals surface area contributed by atoms with E-state index in [1.807, 2.05) is 0 Å². The number of hydrogen-bond donors (Lipinski definition) is 1. The summed E-state index contributed by atoms with van der Waals surface area (Å²) in [5.74, 6) is 0.749. The first kappa shape index (κ1) is 12.0. The molecule has 1 unspecified atom stereocenters. The van der Waals surface area contributed by atoms with Crippen LogP contribution in [0.25, 0.3) is 0 Å². The number of rotatable bonds is 5. The topological polar surface area (TPSA) is 32.5 Å². The minimum atomic E-state index is 0.655. The van der Waals surface area contributed by atoms with Crippen molar-refractivity contribution in [2.75, 3.05) is 39.8 Å². The van der Waals surface area contributed by atoms with E-state index in [0.29, 0.717) is 6.04 Å². The zero-order valence-corrected chi connectivity index (χ0v) is 9.87. The van der Waals surface area contributed by atoms with Crippen LogP contribution in [-0.4, -0.2) is 55.6 Å². The highest BCUT2D eigenvalue weighted by Crippen LogP contribution is 2.14. The Labute approximate surface area is 88.2 Å². The monoisotopic (exact) mass is 199 g/mol. The molecule has 0 aliphatic carbocycles. The van der Waals surface area contributed by atoms with Crippen molar-refractivity contribution in [2.45, 2.75) is 26.3 Å². The molecule has 1 fully saturated rings. The minimum absolute atomic E-state index is 0.655. The number of hydrogen-bond acceptors (Lipinski definition) is 3. The molecule has 0 bridgehead atoms. The fraction of sp³-hybridized carbons (Fsp3) is 1.00. The molecular weight excluding hydrogens is 174 g/mol. The van der Waals surface area contributed by atoms with Gasteiger partial charge in [0.05, 0.1) is 0 Å². The van der Waals surface area contributed by atoms with Crippen LogP contribution in [0.15, 0.2) is 0 Å². The molecule has 0 aromatic rings. The summed E-state index contributed by atoms with van der Waals surface area (Å²) in [7, 11) is 2.20. The van der Waals surface area contributed by atoms with Gasteiger partial charge >= 0.3 is 0 Å².